The van der Waals surface area contributed by atoms with Crippen LogP contribution >= 0.6 is 0 Å². The van der Waals surface area contributed by atoms with E-state index < -0.39 is 0 Å². The summed E-state index contributed by atoms with van der Waals surface area (Å²) in [5.41, 5.74) is 4.21. The first kappa shape index (κ1) is 21.1. The largest absolute Gasteiger partial charge is 0.497 e. The summed E-state index contributed by atoms with van der Waals surface area (Å²) < 4.78 is 5.15. The van der Waals surface area contributed by atoms with Gasteiger partial charge in [-0.3, -0.25) is 9.59 Å². The number of hydrogen-bond acceptors (Lipinski definition) is 3. The summed E-state index contributed by atoms with van der Waals surface area (Å²) >= 11 is 0. The fraction of sp³-hybridized carbons (Fsp3) is 0.200. The number of carbonyl (C=O) groups excluding carboxylic acids is 2. The lowest BCUT2D eigenvalue weighted by Crippen LogP contribution is -2.25. The minimum atomic E-state index is -0.221. The molecule has 2 N–H and O–H groups in total. The van der Waals surface area contributed by atoms with E-state index in [4.69, 9.17) is 4.74 Å². The number of hydrogen-bond donors (Lipinski definition) is 2. The van der Waals surface area contributed by atoms with Crippen molar-refractivity contribution in [3.8, 4) is 5.75 Å². The summed E-state index contributed by atoms with van der Waals surface area (Å²) in [6.07, 6.45) is 0.934. The average molecular weight is 402 g/mol. The first-order chi connectivity index (χ1) is 14.5. The number of carbonyl (C=O) groups is 2. The van der Waals surface area contributed by atoms with Crippen LogP contribution in [-0.4, -0.2) is 18.9 Å². The molecule has 0 aromatic heterocycles. The fourth-order valence-corrected chi connectivity index (χ4v) is 3.04. The molecule has 0 aliphatic heterocycles. The molecule has 0 saturated carbocycles. The maximum absolute atomic E-state index is 12.7. The van der Waals surface area contributed by atoms with Crippen molar-refractivity contribution in [2.75, 3.05) is 12.4 Å². The predicted octanol–water partition coefficient (Wildman–Crippen LogP) is 4.50. The number of methoxy groups -OCH3 is 1. The topological polar surface area (TPSA) is 67.4 Å². The van der Waals surface area contributed by atoms with Crippen LogP contribution < -0.4 is 15.4 Å². The van der Waals surface area contributed by atoms with Crippen molar-refractivity contribution in [1.82, 2.24) is 5.32 Å². The Morgan fingerprint density at radius 2 is 1.53 bits per heavy atom. The monoisotopic (exact) mass is 402 g/mol. The second kappa shape index (κ2) is 10.3. The van der Waals surface area contributed by atoms with Gasteiger partial charge in [0.05, 0.1) is 18.4 Å². The van der Waals surface area contributed by atoms with Crippen LogP contribution in [0.3, 0.4) is 0 Å². The second-order valence-corrected chi connectivity index (χ2v) is 7.11. The first-order valence-electron chi connectivity index (χ1n) is 9.90. The van der Waals surface area contributed by atoms with E-state index in [1.165, 1.54) is 5.56 Å². The molecule has 0 bridgehead atoms. The summed E-state index contributed by atoms with van der Waals surface area (Å²) in [6.45, 7) is 2.45. The van der Waals surface area contributed by atoms with Crippen LogP contribution in [0.2, 0.25) is 0 Å². The summed E-state index contributed by atoms with van der Waals surface area (Å²) in [5, 5.41) is 5.78. The molecule has 5 nitrogen and oxygen atoms in total. The maximum Gasteiger partial charge on any atom is 0.253 e. The number of amides is 2. The average Bonchev–Trinajstić information content (AvgIpc) is 2.78. The highest BCUT2D eigenvalue weighted by atomic mass is 16.5. The van der Waals surface area contributed by atoms with Gasteiger partial charge < -0.3 is 15.4 Å². The molecule has 0 radical (unpaired) electrons. The number of benzene rings is 3. The number of ether oxygens (including phenoxy) is 1. The van der Waals surface area contributed by atoms with Gasteiger partial charge in [0.15, 0.2) is 0 Å². The Balaban J connectivity index is 1.57. The van der Waals surface area contributed by atoms with Gasteiger partial charge in [-0.05, 0) is 48.7 Å². The fourth-order valence-electron chi connectivity index (χ4n) is 3.04. The van der Waals surface area contributed by atoms with Crippen LogP contribution in [0.25, 0.3) is 0 Å². The summed E-state index contributed by atoms with van der Waals surface area (Å²) in [6, 6.07) is 22.7. The number of para-hydroxylation sites is 1. The van der Waals surface area contributed by atoms with E-state index in [1.54, 1.807) is 31.4 Å². The first-order valence-corrected chi connectivity index (χ1v) is 9.90. The molecule has 0 fully saturated rings. The molecule has 0 atom stereocenters. The number of anilines is 1. The summed E-state index contributed by atoms with van der Waals surface area (Å²) in [7, 11) is 1.62. The third kappa shape index (κ3) is 5.95. The third-order valence-corrected chi connectivity index (χ3v) is 4.82. The SMILES string of the molecule is COc1ccc(CCC(=O)Nc2ccccc2C(=O)NCc2ccc(C)cc2)cc1. The van der Waals surface area contributed by atoms with Crippen LogP contribution in [0.4, 0.5) is 5.69 Å². The maximum atomic E-state index is 12.7. The van der Waals surface area contributed by atoms with Gasteiger partial charge in [-0.25, -0.2) is 0 Å². The van der Waals surface area contributed by atoms with E-state index >= 15 is 0 Å². The standard InChI is InChI=1S/C25H26N2O3/c1-18-7-9-20(10-8-18)17-26-25(29)22-5-3-4-6-23(22)27-24(28)16-13-19-11-14-21(30-2)15-12-19/h3-12,14-15H,13,16-17H2,1-2H3,(H,26,29)(H,27,28). The Kier molecular flexibility index (Phi) is 7.22. The Bertz CT molecular complexity index is 996. The Hall–Kier alpha value is -3.60. The van der Waals surface area contributed by atoms with Gasteiger partial charge in [-0.15, -0.1) is 0 Å². The number of nitrogens with one attached hydrogen (secondary N) is 2. The zero-order valence-electron chi connectivity index (χ0n) is 17.3. The zero-order valence-corrected chi connectivity index (χ0v) is 17.3. The van der Waals surface area contributed by atoms with Crippen LogP contribution in [0, 0.1) is 6.92 Å². The van der Waals surface area contributed by atoms with Crippen molar-refractivity contribution in [1.29, 1.82) is 0 Å². The second-order valence-electron chi connectivity index (χ2n) is 7.11. The molecule has 3 aromatic carbocycles. The number of rotatable bonds is 8. The Morgan fingerprint density at radius 1 is 0.867 bits per heavy atom. The molecule has 0 aliphatic carbocycles. The Labute approximate surface area is 177 Å². The van der Waals surface area contributed by atoms with E-state index in [-0.39, 0.29) is 11.8 Å². The van der Waals surface area contributed by atoms with Gasteiger partial charge in [0.2, 0.25) is 5.91 Å². The number of aryl methyl sites for hydroxylation is 2. The van der Waals surface area contributed by atoms with Crippen LogP contribution in [0.1, 0.15) is 33.5 Å². The van der Waals surface area contributed by atoms with Gasteiger partial charge in [-0.1, -0.05) is 54.1 Å². The summed E-state index contributed by atoms with van der Waals surface area (Å²) in [4.78, 5) is 25.1. The van der Waals surface area contributed by atoms with E-state index in [2.05, 4.69) is 10.6 Å². The molecule has 0 spiro atoms. The van der Waals surface area contributed by atoms with Crippen LogP contribution in [0.5, 0.6) is 5.75 Å². The lowest BCUT2D eigenvalue weighted by molar-refractivity contribution is -0.116. The normalized spacial score (nSPS) is 10.3. The smallest absolute Gasteiger partial charge is 0.253 e. The van der Waals surface area contributed by atoms with Crippen molar-refractivity contribution in [3.63, 3.8) is 0 Å². The molecule has 154 valence electrons. The summed E-state index contributed by atoms with van der Waals surface area (Å²) in [5.74, 6) is 0.431. The van der Waals surface area contributed by atoms with Crippen molar-refractivity contribution in [2.24, 2.45) is 0 Å². The minimum absolute atomic E-state index is 0.135. The molecule has 2 amide bonds. The minimum Gasteiger partial charge on any atom is -0.497 e. The van der Waals surface area contributed by atoms with E-state index in [0.717, 1.165) is 16.9 Å². The lowest BCUT2D eigenvalue weighted by atomic mass is 10.1. The molecule has 0 heterocycles. The molecule has 3 rings (SSSR count). The molecule has 0 saturated heterocycles. The lowest BCUT2D eigenvalue weighted by Gasteiger charge is -2.12. The molecule has 3 aromatic rings. The van der Waals surface area contributed by atoms with Gasteiger partial charge in [0.1, 0.15) is 5.75 Å². The molecule has 0 unspecified atom stereocenters. The van der Waals surface area contributed by atoms with Crippen LogP contribution in [-0.2, 0) is 17.8 Å². The van der Waals surface area contributed by atoms with Crippen molar-refractivity contribution in [2.45, 2.75) is 26.3 Å². The van der Waals surface area contributed by atoms with Gasteiger partial charge >= 0.3 is 0 Å². The highest BCUT2D eigenvalue weighted by Gasteiger charge is 2.13. The van der Waals surface area contributed by atoms with Crippen LogP contribution in [0.15, 0.2) is 72.8 Å². The third-order valence-electron chi connectivity index (χ3n) is 4.82. The van der Waals surface area contributed by atoms with Gasteiger partial charge in [-0.2, -0.15) is 0 Å². The predicted molar refractivity (Wildman–Crippen MR) is 119 cm³/mol. The molecule has 30 heavy (non-hydrogen) atoms. The quantitative estimate of drug-likeness (QED) is 0.583. The van der Waals surface area contributed by atoms with Gasteiger partial charge in [0.25, 0.3) is 5.91 Å². The molecule has 0 aliphatic rings. The van der Waals surface area contributed by atoms with E-state index in [9.17, 15) is 9.59 Å². The molecule has 5 heteroatoms. The van der Waals surface area contributed by atoms with E-state index in [1.807, 2.05) is 55.5 Å². The zero-order chi connectivity index (χ0) is 21.3. The molecular formula is C25H26N2O3. The highest BCUT2D eigenvalue weighted by Crippen LogP contribution is 2.17. The molecular weight excluding hydrogens is 376 g/mol. The highest BCUT2D eigenvalue weighted by molar-refractivity contribution is 6.03. The van der Waals surface area contributed by atoms with Crippen molar-refractivity contribution < 1.29 is 14.3 Å². The van der Waals surface area contributed by atoms with Crippen molar-refractivity contribution in [3.05, 3.63) is 95.1 Å². The van der Waals surface area contributed by atoms with Gasteiger partial charge in [0, 0.05) is 13.0 Å². The Morgan fingerprint density at radius 3 is 2.23 bits per heavy atom. The van der Waals surface area contributed by atoms with E-state index in [0.29, 0.717) is 30.6 Å². The van der Waals surface area contributed by atoms with Crippen molar-refractivity contribution >= 4 is 17.5 Å².